The number of likely N-dealkylation sites (N-methyl/N-ethyl adjacent to an activating group) is 1. The Kier molecular flexibility index (Phi) is 4.69. The van der Waals surface area contributed by atoms with Gasteiger partial charge in [0.1, 0.15) is 5.82 Å². The van der Waals surface area contributed by atoms with E-state index in [1.807, 2.05) is 6.07 Å². The molecule has 1 aromatic carbocycles. The number of para-hydroxylation sites is 2. The molecular formula is C17H28N4. The van der Waals surface area contributed by atoms with E-state index in [1.165, 1.54) is 5.52 Å². The minimum atomic E-state index is 0.0259. The molecule has 116 valence electrons. The van der Waals surface area contributed by atoms with Gasteiger partial charge in [0, 0.05) is 25.0 Å². The van der Waals surface area contributed by atoms with Gasteiger partial charge in [0.15, 0.2) is 0 Å². The zero-order chi connectivity index (χ0) is 15.6. The minimum absolute atomic E-state index is 0.0259. The van der Waals surface area contributed by atoms with Crippen molar-refractivity contribution in [3.05, 3.63) is 30.1 Å². The summed E-state index contributed by atoms with van der Waals surface area (Å²) in [7, 11) is 6.33. The SMILES string of the molecule is CCC(CC)(C(N)Cc1nc2ccccc2n1C)N(C)C. The first-order valence-corrected chi connectivity index (χ1v) is 7.79. The Labute approximate surface area is 128 Å². The molecule has 0 aliphatic carbocycles. The van der Waals surface area contributed by atoms with E-state index >= 15 is 0 Å². The molecule has 1 aromatic heterocycles. The molecule has 0 fully saturated rings. The number of nitrogens with zero attached hydrogens (tertiary/aromatic N) is 3. The molecule has 2 rings (SSSR count). The number of hydrogen-bond acceptors (Lipinski definition) is 3. The zero-order valence-corrected chi connectivity index (χ0v) is 13.9. The third-order valence-electron chi connectivity index (χ3n) is 5.09. The van der Waals surface area contributed by atoms with Gasteiger partial charge in [-0.15, -0.1) is 0 Å². The molecule has 4 nitrogen and oxygen atoms in total. The summed E-state index contributed by atoms with van der Waals surface area (Å²) in [5.41, 5.74) is 8.85. The van der Waals surface area contributed by atoms with E-state index in [4.69, 9.17) is 10.7 Å². The number of benzene rings is 1. The van der Waals surface area contributed by atoms with E-state index in [2.05, 4.69) is 62.7 Å². The number of imidazole rings is 1. The molecule has 2 aromatic rings. The van der Waals surface area contributed by atoms with Crippen LogP contribution in [0.3, 0.4) is 0 Å². The highest BCUT2D eigenvalue weighted by atomic mass is 15.2. The van der Waals surface area contributed by atoms with Crippen molar-refractivity contribution in [3.63, 3.8) is 0 Å². The van der Waals surface area contributed by atoms with Gasteiger partial charge in [-0.3, -0.25) is 0 Å². The predicted molar refractivity (Wildman–Crippen MR) is 89.4 cm³/mol. The van der Waals surface area contributed by atoms with Gasteiger partial charge in [-0.05, 0) is 39.1 Å². The van der Waals surface area contributed by atoms with E-state index in [0.29, 0.717) is 0 Å². The Morgan fingerprint density at radius 1 is 1.24 bits per heavy atom. The van der Waals surface area contributed by atoms with Crippen LogP contribution < -0.4 is 5.73 Å². The van der Waals surface area contributed by atoms with Crippen LogP contribution in [0.25, 0.3) is 11.0 Å². The maximum atomic E-state index is 6.60. The lowest BCUT2D eigenvalue weighted by Gasteiger charge is -2.43. The second-order valence-corrected chi connectivity index (χ2v) is 6.09. The fourth-order valence-electron chi connectivity index (χ4n) is 3.50. The van der Waals surface area contributed by atoms with E-state index < -0.39 is 0 Å². The second kappa shape index (κ2) is 6.16. The molecule has 0 spiro atoms. The summed E-state index contributed by atoms with van der Waals surface area (Å²) >= 11 is 0. The summed E-state index contributed by atoms with van der Waals surface area (Å²) in [6, 6.07) is 8.31. The number of fused-ring (bicyclic) bond motifs is 1. The topological polar surface area (TPSA) is 47.1 Å². The molecule has 0 saturated carbocycles. The highest BCUT2D eigenvalue weighted by Crippen LogP contribution is 2.27. The van der Waals surface area contributed by atoms with Gasteiger partial charge >= 0.3 is 0 Å². The lowest BCUT2D eigenvalue weighted by Crippen LogP contribution is -2.57. The highest BCUT2D eigenvalue weighted by molar-refractivity contribution is 5.75. The highest BCUT2D eigenvalue weighted by Gasteiger charge is 2.36. The summed E-state index contributed by atoms with van der Waals surface area (Å²) in [5.74, 6) is 1.07. The predicted octanol–water partition coefficient (Wildman–Crippen LogP) is 2.56. The van der Waals surface area contributed by atoms with Gasteiger partial charge in [0.05, 0.1) is 11.0 Å². The number of aromatic nitrogens is 2. The van der Waals surface area contributed by atoms with E-state index in [1.54, 1.807) is 0 Å². The van der Waals surface area contributed by atoms with Crippen molar-refractivity contribution in [2.45, 2.75) is 44.7 Å². The standard InChI is InChI=1S/C17H28N4/c1-6-17(7-2,20(3)4)15(18)12-16-19-13-10-8-9-11-14(13)21(16)5/h8-11,15H,6-7,12,18H2,1-5H3. The Balaban J connectivity index is 2.32. The molecule has 1 unspecified atom stereocenters. The molecule has 0 radical (unpaired) electrons. The van der Waals surface area contributed by atoms with Crippen LogP contribution in [0.2, 0.25) is 0 Å². The zero-order valence-electron chi connectivity index (χ0n) is 13.9. The molecule has 21 heavy (non-hydrogen) atoms. The van der Waals surface area contributed by atoms with Gasteiger partial charge in [-0.25, -0.2) is 4.98 Å². The third kappa shape index (κ3) is 2.70. The lowest BCUT2D eigenvalue weighted by molar-refractivity contribution is 0.104. The van der Waals surface area contributed by atoms with Crippen LogP contribution in [0.4, 0.5) is 0 Å². The van der Waals surface area contributed by atoms with Crippen LogP contribution in [-0.4, -0.2) is 40.1 Å². The van der Waals surface area contributed by atoms with Crippen LogP contribution in [0.5, 0.6) is 0 Å². The van der Waals surface area contributed by atoms with Crippen molar-refractivity contribution < 1.29 is 0 Å². The van der Waals surface area contributed by atoms with Crippen LogP contribution in [0.1, 0.15) is 32.5 Å². The van der Waals surface area contributed by atoms with E-state index in [-0.39, 0.29) is 11.6 Å². The van der Waals surface area contributed by atoms with Crippen molar-refractivity contribution in [1.82, 2.24) is 14.5 Å². The van der Waals surface area contributed by atoms with E-state index in [0.717, 1.165) is 30.6 Å². The monoisotopic (exact) mass is 288 g/mol. The quantitative estimate of drug-likeness (QED) is 0.888. The van der Waals surface area contributed by atoms with Crippen molar-refractivity contribution in [2.24, 2.45) is 12.8 Å². The fraction of sp³-hybridized carbons (Fsp3) is 0.588. The van der Waals surface area contributed by atoms with Crippen molar-refractivity contribution in [2.75, 3.05) is 14.1 Å². The van der Waals surface area contributed by atoms with Gasteiger partial charge in [-0.1, -0.05) is 26.0 Å². The van der Waals surface area contributed by atoms with Gasteiger partial charge in [-0.2, -0.15) is 0 Å². The normalized spacial score (nSPS) is 14.0. The molecule has 2 N–H and O–H groups in total. The second-order valence-electron chi connectivity index (χ2n) is 6.09. The molecular weight excluding hydrogens is 260 g/mol. The first-order chi connectivity index (χ1) is 9.96. The fourth-order valence-corrected chi connectivity index (χ4v) is 3.50. The molecule has 1 heterocycles. The minimum Gasteiger partial charge on any atom is -0.331 e. The Hall–Kier alpha value is -1.39. The number of aryl methyl sites for hydroxylation is 1. The molecule has 0 saturated heterocycles. The van der Waals surface area contributed by atoms with Gasteiger partial charge in [0.25, 0.3) is 0 Å². The number of hydrogen-bond donors (Lipinski definition) is 1. The average molecular weight is 288 g/mol. The van der Waals surface area contributed by atoms with Crippen molar-refractivity contribution in [3.8, 4) is 0 Å². The summed E-state index contributed by atoms with van der Waals surface area (Å²) in [4.78, 5) is 7.04. The Bertz CT molecular complexity index is 596. The molecule has 0 aliphatic heterocycles. The largest absolute Gasteiger partial charge is 0.331 e. The first-order valence-electron chi connectivity index (χ1n) is 7.79. The van der Waals surface area contributed by atoms with Crippen molar-refractivity contribution >= 4 is 11.0 Å². The summed E-state index contributed by atoms with van der Waals surface area (Å²) in [6.07, 6.45) is 2.88. The van der Waals surface area contributed by atoms with Gasteiger partial charge < -0.3 is 15.2 Å². The van der Waals surface area contributed by atoms with E-state index in [9.17, 15) is 0 Å². The number of rotatable bonds is 6. The third-order valence-corrected chi connectivity index (χ3v) is 5.09. The van der Waals surface area contributed by atoms with Crippen LogP contribution in [0, 0.1) is 0 Å². The average Bonchev–Trinajstić information content (AvgIpc) is 2.77. The summed E-state index contributed by atoms with van der Waals surface area (Å²) < 4.78 is 2.17. The van der Waals surface area contributed by atoms with Crippen molar-refractivity contribution in [1.29, 1.82) is 0 Å². The molecule has 4 heteroatoms. The maximum Gasteiger partial charge on any atom is 0.111 e. The molecule has 0 bridgehead atoms. The summed E-state index contributed by atoms with van der Waals surface area (Å²) in [5, 5.41) is 0. The lowest BCUT2D eigenvalue weighted by atomic mass is 9.82. The first kappa shape index (κ1) is 16.0. The van der Waals surface area contributed by atoms with Crippen LogP contribution >= 0.6 is 0 Å². The van der Waals surface area contributed by atoms with Crippen LogP contribution in [0.15, 0.2) is 24.3 Å². The smallest absolute Gasteiger partial charge is 0.111 e. The maximum absolute atomic E-state index is 6.60. The summed E-state index contributed by atoms with van der Waals surface area (Å²) in [6.45, 7) is 4.44. The van der Waals surface area contributed by atoms with Crippen LogP contribution in [-0.2, 0) is 13.5 Å². The van der Waals surface area contributed by atoms with Gasteiger partial charge in [0.2, 0.25) is 0 Å². The molecule has 0 aliphatic rings. The molecule has 1 atom stereocenters. The number of nitrogens with two attached hydrogens (primary N) is 1. The Morgan fingerprint density at radius 2 is 1.86 bits per heavy atom. The molecule has 0 amide bonds. The Morgan fingerprint density at radius 3 is 2.38 bits per heavy atom.